The zero-order chi connectivity index (χ0) is 17.7. The molecule has 1 aliphatic rings. The minimum absolute atomic E-state index is 0.0350. The van der Waals surface area contributed by atoms with Gasteiger partial charge in [-0.05, 0) is 37.1 Å². The smallest absolute Gasteiger partial charge is 0.347 e. The lowest BCUT2D eigenvalue weighted by Crippen LogP contribution is -2.44. The Morgan fingerprint density at radius 2 is 1.75 bits per heavy atom. The second kappa shape index (κ2) is 8.00. The number of hydrogen-bond acceptors (Lipinski definition) is 2. The van der Waals surface area contributed by atoms with Crippen LogP contribution in [0.25, 0.3) is 0 Å². The van der Waals surface area contributed by atoms with Gasteiger partial charge in [-0.3, -0.25) is 9.59 Å². The highest BCUT2D eigenvalue weighted by molar-refractivity contribution is 9.10. The molecule has 2 rings (SSSR count). The number of carbonyl (C=O) groups is 2. The molecule has 2 N–H and O–H groups in total. The van der Waals surface area contributed by atoms with Crippen molar-refractivity contribution in [1.29, 1.82) is 0 Å². The largest absolute Gasteiger partial charge is 0.392 e. The Balaban J connectivity index is 1.87. The van der Waals surface area contributed by atoms with Gasteiger partial charge in [-0.2, -0.15) is 13.2 Å². The fourth-order valence-electron chi connectivity index (χ4n) is 2.87. The molecule has 8 heteroatoms. The fourth-order valence-corrected chi connectivity index (χ4v) is 3.14. The number of carbonyl (C=O) groups excluding carboxylic acids is 2. The number of hydrogen-bond donors (Lipinski definition) is 2. The number of benzene rings is 1. The van der Waals surface area contributed by atoms with Crippen LogP contribution in [0.5, 0.6) is 0 Å². The van der Waals surface area contributed by atoms with Gasteiger partial charge in [-0.15, -0.1) is 0 Å². The molecule has 1 fully saturated rings. The van der Waals surface area contributed by atoms with Crippen LogP contribution in [0, 0.1) is 11.8 Å². The van der Waals surface area contributed by atoms with Crippen LogP contribution in [0.2, 0.25) is 0 Å². The maximum Gasteiger partial charge on any atom is 0.392 e. The summed E-state index contributed by atoms with van der Waals surface area (Å²) in [5.74, 6) is -3.92. The van der Waals surface area contributed by atoms with Crippen LogP contribution in [0.3, 0.4) is 0 Å². The van der Waals surface area contributed by atoms with E-state index in [9.17, 15) is 22.8 Å². The number of rotatable bonds is 4. The molecule has 1 saturated carbocycles. The summed E-state index contributed by atoms with van der Waals surface area (Å²) in [4.78, 5) is 23.9. The minimum atomic E-state index is -4.39. The summed E-state index contributed by atoms with van der Waals surface area (Å²) in [7, 11) is 0. The van der Waals surface area contributed by atoms with Crippen LogP contribution < -0.4 is 10.6 Å². The zero-order valence-electron chi connectivity index (χ0n) is 12.8. The van der Waals surface area contributed by atoms with Gasteiger partial charge in [0, 0.05) is 16.1 Å². The third-order valence-electron chi connectivity index (χ3n) is 4.07. The highest BCUT2D eigenvalue weighted by Gasteiger charge is 2.47. The molecule has 4 nitrogen and oxygen atoms in total. The van der Waals surface area contributed by atoms with E-state index in [-0.39, 0.29) is 19.4 Å². The summed E-state index contributed by atoms with van der Waals surface area (Å²) in [5.41, 5.74) is 0.545. The summed E-state index contributed by atoms with van der Waals surface area (Å²) in [6, 6.07) is 6.82. The lowest BCUT2D eigenvalue weighted by Gasteiger charge is -2.31. The highest BCUT2D eigenvalue weighted by atomic mass is 79.9. The van der Waals surface area contributed by atoms with Crippen LogP contribution in [-0.4, -0.2) is 24.5 Å². The van der Waals surface area contributed by atoms with E-state index in [1.54, 1.807) is 24.3 Å². The Bertz CT molecular complexity index is 590. The third kappa shape index (κ3) is 5.22. The van der Waals surface area contributed by atoms with Gasteiger partial charge in [-0.1, -0.05) is 28.8 Å². The number of halogens is 4. The van der Waals surface area contributed by atoms with Crippen molar-refractivity contribution in [2.75, 3.05) is 11.9 Å². The summed E-state index contributed by atoms with van der Waals surface area (Å²) >= 11 is 3.27. The number of anilines is 1. The van der Waals surface area contributed by atoms with E-state index in [2.05, 4.69) is 26.6 Å². The van der Waals surface area contributed by atoms with Crippen molar-refractivity contribution in [3.63, 3.8) is 0 Å². The van der Waals surface area contributed by atoms with Crippen LogP contribution in [0.4, 0.5) is 18.9 Å². The molecule has 0 aliphatic heterocycles. The maximum absolute atomic E-state index is 13.0. The normalized spacial score (nSPS) is 21.2. The molecule has 2 atom stereocenters. The lowest BCUT2D eigenvalue weighted by atomic mass is 9.78. The van der Waals surface area contributed by atoms with Crippen LogP contribution in [0.1, 0.15) is 25.7 Å². The summed E-state index contributed by atoms with van der Waals surface area (Å²) in [6.45, 7) is -0.351. The zero-order valence-corrected chi connectivity index (χ0v) is 14.4. The Hall–Kier alpha value is -1.57. The van der Waals surface area contributed by atoms with Gasteiger partial charge in [0.2, 0.25) is 11.8 Å². The molecular weight excluding hydrogens is 389 g/mol. The van der Waals surface area contributed by atoms with Crippen LogP contribution >= 0.6 is 15.9 Å². The van der Waals surface area contributed by atoms with Gasteiger partial charge in [0.1, 0.15) is 0 Å². The average Bonchev–Trinajstić information content (AvgIpc) is 2.54. The molecule has 2 amide bonds. The van der Waals surface area contributed by atoms with E-state index in [1.165, 1.54) is 0 Å². The molecule has 1 aromatic carbocycles. The fraction of sp³-hybridized carbons (Fsp3) is 0.500. The predicted molar refractivity (Wildman–Crippen MR) is 87.3 cm³/mol. The minimum Gasteiger partial charge on any atom is -0.347 e. The predicted octanol–water partition coefficient (Wildman–Crippen LogP) is 3.87. The number of alkyl halides is 3. The average molecular weight is 407 g/mol. The topological polar surface area (TPSA) is 58.2 Å². The Morgan fingerprint density at radius 3 is 2.38 bits per heavy atom. The molecule has 2 unspecified atom stereocenters. The van der Waals surface area contributed by atoms with Crippen molar-refractivity contribution >= 4 is 33.4 Å². The van der Waals surface area contributed by atoms with Crippen molar-refractivity contribution in [3.8, 4) is 0 Å². The Morgan fingerprint density at radius 1 is 1.12 bits per heavy atom. The van der Waals surface area contributed by atoms with E-state index in [0.717, 1.165) is 4.47 Å². The quantitative estimate of drug-likeness (QED) is 0.796. The van der Waals surface area contributed by atoms with Gasteiger partial charge < -0.3 is 10.6 Å². The molecule has 0 bridgehead atoms. The number of amides is 2. The van der Waals surface area contributed by atoms with Gasteiger partial charge in [0.15, 0.2) is 0 Å². The van der Waals surface area contributed by atoms with Gasteiger partial charge in [0.05, 0.1) is 12.5 Å². The van der Waals surface area contributed by atoms with E-state index < -0.39 is 29.8 Å². The van der Waals surface area contributed by atoms with Gasteiger partial charge >= 0.3 is 6.18 Å². The van der Waals surface area contributed by atoms with Gasteiger partial charge in [0.25, 0.3) is 0 Å². The Kier molecular flexibility index (Phi) is 6.26. The van der Waals surface area contributed by atoms with Gasteiger partial charge in [-0.25, -0.2) is 0 Å². The molecule has 132 valence electrons. The van der Waals surface area contributed by atoms with E-state index in [4.69, 9.17) is 0 Å². The first-order valence-electron chi connectivity index (χ1n) is 7.67. The van der Waals surface area contributed by atoms with Crippen LogP contribution in [-0.2, 0) is 9.59 Å². The summed E-state index contributed by atoms with van der Waals surface area (Å²) in [5, 5.41) is 4.90. The number of nitrogens with one attached hydrogen (secondary N) is 2. The van der Waals surface area contributed by atoms with Crippen LogP contribution in [0.15, 0.2) is 28.7 Å². The second-order valence-corrected chi connectivity index (χ2v) is 6.73. The molecule has 0 spiro atoms. The van der Waals surface area contributed by atoms with Crippen molar-refractivity contribution in [2.24, 2.45) is 11.8 Å². The van der Waals surface area contributed by atoms with Crippen molar-refractivity contribution in [2.45, 2.75) is 31.9 Å². The maximum atomic E-state index is 13.0. The molecule has 1 aromatic rings. The summed E-state index contributed by atoms with van der Waals surface area (Å²) < 4.78 is 39.9. The molecular formula is C16H18BrF3N2O2. The van der Waals surface area contributed by atoms with E-state index in [0.29, 0.717) is 18.5 Å². The van der Waals surface area contributed by atoms with Crippen molar-refractivity contribution in [3.05, 3.63) is 28.7 Å². The van der Waals surface area contributed by atoms with Crippen molar-refractivity contribution in [1.82, 2.24) is 5.32 Å². The first-order valence-corrected chi connectivity index (χ1v) is 8.46. The molecule has 0 saturated heterocycles. The first-order chi connectivity index (χ1) is 11.3. The molecule has 0 radical (unpaired) electrons. The SMILES string of the molecule is O=C(CNC(=O)C1CCCCC1C(F)(F)F)Nc1ccc(Br)cc1. The Labute approximate surface area is 146 Å². The third-order valence-corrected chi connectivity index (χ3v) is 4.60. The lowest BCUT2D eigenvalue weighted by molar-refractivity contribution is -0.198. The molecule has 0 aromatic heterocycles. The molecule has 1 aliphatic carbocycles. The first kappa shape index (κ1) is 18.8. The summed E-state index contributed by atoms with van der Waals surface area (Å²) in [6.07, 6.45) is -3.16. The van der Waals surface area contributed by atoms with E-state index >= 15 is 0 Å². The molecule has 24 heavy (non-hydrogen) atoms. The second-order valence-electron chi connectivity index (χ2n) is 5.81. The highest BCUT2D eigenvalue weighted by Crippen LogP contribution is 2.41. The van der Waals surface area contributed by atoms with E-state index in [1.807, 2.05) is 0 Å². The van der Waals surface area contributed by atoms with Crippen molar-refractivity contribution < 1.29 is 22.8 Å². The monoisotopic (exact) mass is 406 g/mol. The standard InChI is InChI=1S/C16H18BrF3N2O2/c17-10-5-7-11(8-6-10)22-14(23)9-21-15(24)12-3-1-2-4-13(12)16(18,19)20/h5-8,12-13H,1-4,9H2,(H,21,24)(H,22,23). The molecule has 0 heterocycles.